The number of nitrogens with zero attached hydrogens (tertiary/aromatic N) is 2. The lowest BCUT2D eigenvalue weighted by Crippen LogP contribution is -2.35. The van der Waals surface area contributed by atoms with Gasteiger partial charge in [0.15, 0.2) is 0 Å². The molecule has 1 rings (SSSR count). The normalized spacial score (nSPS) is 22.1. The lowest BCUT2D eigenvalue weighted by atomic mass is 10.4. The zero-order chi connectivity index (χ0) is 10.6. The fourth-order valence-electron chi connectivity index (χ4n) is 1.64. The lowest BCUT2D eigenvalue weighted by molar-refractivity contribution is 0.202. The minimum atomic E-state index is -3.04. The van der Waals surface area contributed by atoms with Gasteiger partial charge in [-0.1, -0.05) is 0 Å². The predicted molar refractivity (Wildman–Crippen MR) is 54.6 cm³/mol. The molecular weight excluding hydrogens is 204 g/mol. The molecule has 0 radical (unpaired) electrons. The van der Waals surface area contributed by atoms with Crippen molar-refractivity contribution < 1.29 is 13.5 Å². The van der Waals surface area contributed by atoms with Gasteiger partial charge >= 0.3 is 0 Å². The molecule has 0 bridgehead atoms. The molecule has 5 nitrogen and oxygen atoms in total. The number of rotatable bonds is 3. The van der Waals surface area contributed by atoms with E-state index in [1.54, 1.807) is 0 Å². The van der Waals surface area contributed by atoms with Gasteiger partial charge in [-0.25, -0.2) is 12.7 Å². The third-order valence-electron chi connectivity index (χ3n) is 2.43. The molecular formula is C8H18N2O3S. The summed E-state index contributed by atoms with van der Waals surface area (Å²) in [5.74, 6) is 0. The summed E-state index contributed by atoms with van der Waals surface area (Å²) in [5.41, 5.74) is 0. The van der Waals surface area contributed by atoms with Crippen LogP contribution in [-0.2, 0) is 10.0 Å². The Morgan fingerprint density at radius 3 is 2.50 bits per heavy atom. The molecule has 84 valence electrons. The number of hydrogen-bond donors (Lipinski definition) is 1. The first kappa shape index (κ1) is 11.9. The van der Waals surface area contributed by atoms with Gasteiger partial charge in [-0.15, -0.1) is 0 Å². The lowest BCUT2D eigenvalue weighted by Gasteiger charge is -2.19. The van der Waals surface area contributed by atoms with Crippen LogP contribution >= 0.6 is 0 Å². The maximum Gasteiger partial charge on any atom is 0.211 e. The van der Waals surface area contributed by atoms with Crippen LogP contribution in [0.3, 0.4) is 0 Å². The summed E-state index contributed by atoms with van der Waals surface area (Å²) in [6, 6.07) is 0. The third kappa shape index (κ3) is 3.53. The molecule has 1 fully saturated rings. The first-order valence-electron chi connectivity index (χ1n) is 4.82. The molecule has 0 aliphatic carbocycles. The van der Waals surface area contributed by atoms with Gasteiger partial charge in [0.1, 0.15) is 0 Å². The molecule has 1 heterocycles. The Bertz CT molecular complexity index is 266. The van der Waals surface area contributed by atoms with Gasteiger partial charge in [-0.3, -0.25) is 4.90 Å². The molecule has 1 aliphatic rings. The second-order valence-electron chi connectivity index (χ2n) is 3.58. The summed E-state index contributed by atoms with van der Waals surface area (Å²) in [4.78, 5) is 2.09. The van der Waals surface area contributed by atoms with Crippen molar-refractivity contribution in [2.45, 2.75) is 6.42 Å². The van der Waals surface area contributed by atoms with E-state index in [-0.39, 0.29) is 6.61 Å². The Morgan fingerprint density at radius 2 is 1.93 bits per heavy atom. The number of hydrogen-bond acceptors (Lipinski definition) is 4. The highest BCUT2D eigenvalue weighted by Gasteiger charge is 2.20. The van der Waals surface area contributed by atoms with Crippen LogP contribution in [0.25, 0.3) is 0 Å². The highest BCUT2D eigenvalue weighted by atomic mass is 32.2. The molecule has 0 atom stereocenters. The van der Waals surface area contributed by atoms with Crippen molar-refractivity contribution in [2.24, 2.45) is 0 Å². The Kier molecular flexibility index (Phi) is 4.31. The summed E-state index contributed by atoms with van der Waals surface area (Å²) in [5, 5.41) is 8.76. The van der Waals surface area contributed by atoms with Gasteiger partial charge in [0.25, 0.3) is 0 Å². The predicted octanol–water partition coefficient (Wildman–Crippen LogP) is -1.05. The number of aliphatic hydroxyl groups is 1. The topological polar surface area (TPSA) is 60.9 Å². The molecule has 1 aliphatic heterocycles. The first-order chi connectivity index (χ1) is 6.54. The average Bonchev–Trinajstić information content (AvgIpc) is 2.29. The largest absolute Gasteiger partial charge is 0.395 e. The Labute approximate surface area is 85.4 Å². The van der Waals surface area contributed by atoms with Gasteiger partial charge < -0.3 is 5.11 Å². The number of sulfonamides is 1. The number of aliphatic hydroxyl groups excluding tert-OH is 1. The number of β-amino-alcohol motifs (C(OH)–C–C–N with tert-alkyl or cyclic N) is 1. The SMILES string of the molecule is CS(=O)(=O)N1CCCN(CCO)CC1. The van der Waals surface area contributed by atoms with Crippen LogP contribution in [0.4, 0.5) is 0 Å². The zero-order valence-electron chi connectivity index (χ0n) is 8.52. The summed E-state index contributed by atoms with van der Waals surface area (Å²) in [6.45, 7) is 3.50. The van der Waals surface area contributed by atoms with E-state index in [0.717, 1.165) is 13.0 Å². The van der Waals surface area contributed by atoms with E-state index in [2.05, 4.69) is 4.90 Å². The summed E-state index contributed by atoms with van der Waals surface area (Å²) >= 11 is 0. The highest BCUT2D eigenvalue weighted by Crippen LogP contribution is 2.06. The molecule has 6 heteroatoms. The maximum atomic E-state index is 11.3. The fourth-order valence-corrected chi connectivity index (χ4v) is 2.52. The molecule has 0 aromatic rings. The molecule has 0 aromatic heterocycles. The maximum absolute atomic E-state index is 11.3. The van der Waals surface area contributed by atoms with Crippen LogP contribution in [0, 0.1) is 0 Å². The van der Waals surface area contributed by atoms with Gasteiger partial charge in [0.2, 0.25) is 10.0 Å². The summed E-state index contributed by atoms with van der Waals surface area (Å²) in [6.07, 6.45) is 2.09. The smallest absolute Gasteiger partial charge is 0.211 e. The molecule has 14 heavy (non-hydrogen) atoms. The van der Waals surface area contributed by atoms with Crippen molar-refractivity contribution in [3.63, 3.8) is 0 Å². The van der Waals surface area contributed by atoms with Crippen LogP contribution < -0.4 is 0 Å². The Hall–Kier alpha value is -0.170. The van der Waals surface area contributed by atoms with Crippen molar-refractivity contribution in [1.82, 2.24) is 9.21 Å². The molecule has 0 amide bonds. The summed E-state index contributed by atoms with van der Waals surface area (Å²) < 4.78 is 24.0. The van der Waals surface area contributed by atoms with E-state index in [4.69, 9.17) is 5.11 Å². The van der Waals surface area contributed by atoms with Crippen LogP contribution in [0.15, 0.2) is 0 Å². The van der Waals surface area contributed by atoms with Gasteiger partial charge in [-0.05, 0) is 13.0 Å². The molecule has 1 saturated heterocycles. The van der Waals surface area contributed by atoms with Crippen LogP contribution in [0.2, 0.25) is 0 Å². The Morgan fingerprint density at radius 1 is 1.21 bits per heavy atom. The second kappa shape index (κ2) is 5.06. The quantitative estimate of drug-likeness (QED) is 0.661. The van der Waals surface area contributed by atoms with E-state index < -0.39 is 10.0 Å². The van der Waals surface area contributed by atoms with Crippen LogP contribution in [0.1, 0.15) is 6.42 Å². The monoisotopic (exact) mass is 222 g/mol. The van der Waals surface area contributed by atoms with E-state index in [9.17, 15) is 8.42 Å². The summed E-state index contributed by atoms with van der Waals surface area (Å²) in [7, 11) is -3.04. The van der Waals surface area contributed by atoms with Crippen molar-refractivity contribution in [3.05, 3.63) is 0 Å². The van der Waals surface area contributed by atoms with Crippen LogP contribution in [0.5, 0.6) is 0 Å². The zero-order valence-corrected chi connectivity index (χ0v) is 9.33. The van der Waals surface area contributed by atoms with E-state index in [0.29, 0.717) is 26.2 Å². The molecule has 0 aromatic carbocycles. The minimum absolute atomic E-state index is 0.138. The van der Waals surface area contributed by atoms with E-state index >= 15 is 0 Å². The van der Waals surface area contributed by atoms with Gasteiger partial charge in [0.05, 0.1) is 12.9 Å². The fraction of sp³-hybridized carbons (Fsp3) is 1.00. The van der Waals surface area contributed by atoms with Gasteiger partial charge in [-0.2, -0.15) is 0 Å². The molecule has 0 unspecified atom stereocenters. The average molecular weight is 222 g/mol. The van der Waals surface area contributed by atoms with Crippen molar-refractivity contribution >= 4 is 10.0 Å². The van der Waals surface area contributed by atoms with E-state index in [1.165, 1.54) is 10.6 Å². The molecule has 0 saturated carbocycles. The van der Waals surface area contributed by atoms with Crippen molar-refractivity contribution in [2.75, 3.05) is 45.6 Å². The van der Waals surface area contributed by atoms with E-state index in [1.807, 2.05) is 0 Å². The third-order valence-corrected chi connectivity index (χ3v) is 3.74. The second-order valence-corrected chi connectivity index (χ2v) is 5.56. The molecule has 1 N–H and O–H groups in total. The van der Waals surface area contributed by atoms with Crippen molar-refractivity contribution in [3.8, 4) is 0 Å². The van der Waals surface area contributed by atoms with Crippen LogP contribution in [-0.4, -0.2) is 68.3 Å². The Balaban J connectivity index is 2.49. The van der Waals surface area contributed by atoms with Crippen molar-refractivity contribution in [1.29, 1.82) is 0 Å². The minimum Gasteiger partial charge on any atom is -0.395 e. The first-order valence-corrected chi connectivity index (χ1v) is 6.67. The standard InChI is InChI=1S/C8H18N2O3S/c1-14(12,13)10-4-2-3-9(5-6-10)7-8-11/h11H,2-8H2,1H3. The molecule has 0 spiro atoms. The highest BCUT2D eigenvalue weighted by molar-refractivity contribution is 7.88. The van der Waals surface area contributed by atoms with Gasteiger partial charge in [0, 0.05) is 26.2 Å².